The molecule has 8 nitrogen and oxygen atoms in total. The fourth-order valence-electron chi connectivity index (χ4n) is 1.26. The van der Waals surface area contributed by atoms with Crippen molar-refractivity contribution in [1.82, 2.24) is 0 Å². The van der Waals surface area contributed by atoms with Gasteiger partial charge in [-0.25, -0.2) is 0 Å². The molecule has 1 fully saturated rings. The van der Waals surface area contributed by atoms with Crippen molar-refractivity contribution < 1.29 is 37.8 Å². The van der Waals surface area contributed by atoms with Gasteiger partial charge in [-0.05, 0) is 0 Å². The SMILES string of the molecule is CS(=O)(=O)OC[C@@H]1OC(O)[C@@H](O)[C@H](O)[C@@H]1O. The van der Waals surface area contributed by atoms with Crippen molar-refractivity contribution in [1.29, 1.82) is 0 Å². The third-order valence-electron chi connectivity index (χ3n) is 2.13. The van der Waals surface area contributed by atoms with Gasteiger partial charge in [0.15, 0.2) is 6.29 Å². The van der Waals surface area contributed by atoms with Crippen LogP contribution in [0.15, 0.2) is 0 Å². The van der Waals surface area contributed by atoms with E-state index in [1.54, 1.807) is 0 Å². The molecule has 1 unspecified atom stereocenters. The van der Waals surface area contributed by atoms with Gasteiger partial charge in [-0.1, -0.05) is 0 Å². The maximum atomic E-state index is 10.7. The molecule has 1 aliphatic rings. The lowest BCUT2D eigenvalue weighted by atomic mass is 10.00. The molecule has 0 amide bonds. The zero-order valence-corrected chi connectivity index (χ0v) is 9.24. The first-order valence-electron chi connectivity index (χ1n) is 4.44. The van der Waals surface area contributed by atoms with Gasteiger partial charge in [0, 0.05) is 0 Å². The molecule has 1 saturated heterocycles. The maximum Gasteiger partial charge on any atom is 0.264 e. The highest BCUT2D eigenvalue weighted by molar-refractivity contribution is 7.85. The predicted molar refractivity (Wildman–Crippen MR) is 49.7 cm³/mol. The molecule has 1 aliphatic heterocycles. The fourth-order valence-corrected chi connectivity index (χ4v) is 1.64. The van der Waals surface area contributed by atoms with Crippen LogP contribution in [0, 0.1) is 0 Å². The maximum absolute atomic E-state index is 10.7. The van der Waals surface area contributed by atoms with E-state index in [2.05, 4.69) is 8.92 Å². The summed E-state index contributed by atoms with van der Waals surface area (Å²) in [6.45, 7) is -0.555. The van der Waals surface area contributed by atoms with Crippen LogP contribution in [0.2, 0.25) is 0 Å². The molecule has 0 spiro atoms. The Morgan fingerprint density at radius 1 is 1.12 bits per heavy atom. The minimum absolute atomic E-state index is 0.555. The number of hydrogen-bond acceptors (Lipinski definition) is 8. The first-order chi connectivity index (χ1) is 7.22. The molecule has 16 heavy (non-hydrogen) atoms. The molecule has 4 N–H and O–H groups in total. The van der Waals surface area contributed by atoms with E-state index in [4.69, 9.17) is 10.2 Å². The Bertz CT molecular complexity index is 327. The Morgan fingerprint density at radius 2 is 1.69 bits per heavy atom. The van der Waals surface area contributed by atoms with Crippen LogP contribution in [0.25, 0.3) is 0 Å². The summed E-state index contributed by atoms with van der Waals surface area (Å²) in [7, 11) is -3.71. The van der Waals surface area contributed by atoms with Gasteiger partial charge < -0.3 is 25.2 Å². The van der Waals surface area contributed by atoms with E-state index in [1.807, 2.05) is 0 Å². The van der Waals surface area contributed by atoms with Crippen molar-refractivity contribution in [3.63, 3.8) is 0 Å². The first kappa shape index (κ1) is 13.8. The molecule has 0 radical (unpaired) electrons. The average Bonchev–Trinajstić information content (AvgIpc) is 2.17. The van der Waals surface area contributed by atoms with Gasteiger partial charge in [0.2, 0.25) is 0 Å². The molecule has 0 aromatic rings. The van der Waals surface area contributed by atoms with E-state index in [-0.39, 0.29) is 0 Å². The van der Waals surface area contributed by atoms with E-state index in [9.17, 15) is 18.6 Å². The summed E-state index contributed by atoms with van der Waals surface area (Å²) in [6, 6.07) is 0. The highest BCUT2D eigenvalue weighted by atomic mass is 32.2. The third kappa shape index (κ3) is 3.35. The highest BCUT2D eigenvalue weighted by Gasteiger charge is 2.43. The molecule has 0 aromatic carbocycles. The van der Waals surface area contributed by atoms with Crippen LogP contribution in [0.1, 0.15) is 0 Å². The van der Waals surface area contributed by atoms with Crippen LogP contribution in [0.4, 0.5) is 0 Å². The molecule has 96 valence electrons. The minimum Gasteiger partial charge on any atom is -0.387 e. The zero-order valence-electron chi connectivity index (χ0n) is 8.42. The Morgan fingerprint density at radius 3 is 2.19 bits per heavy atom. The van der Waals surface area contributed by atoms with Crippen LogP contribution in [0.3, 0.4) is 0 Å². The summed E-state index contributed by atoms with van der Waals surface area (Å²) < 4.78 is 30.4. The fraction of sp³-hybridized carbons (Fsp3) is 1.00. The van der Waals surface area contributed by atoms with Crippen molar-refractivity contribution >= 4 is 10.1 Å². The number of aliphatic hydroxyl groups is 4. The lowest BCUT2D eigenvalue weighted by molar-refractivity contribution is -0.285. The second-order valence-electron chi connectivity index (χ2n) is 3.53. The third-order valence-corrected chi connectivity index (χ3v) is 2.70. The largest absolute Gasteiger partial charge is 0.387 e. The number of rotatable bonds is 3. The summed E-state index contributed by atoms with van der Waals surface area (Å²) in [5, 5.41) is 36.9. The van der Waals surface area contributed by atoms with E-state index >= 15 is 0 Å². The second-order valence-corrected chi connectivity index (χ2v) is 5.17. The van der Waals surface area contributed by atoms with Crippen molar-refractivity contribution in [3.05, 3.63) is 0 Å². The summed E-state index contributed by atoms with van der Waals surface area (Å²) in [4.78, 5) is 0. The summed E-state index contributed by atoms with van der Waals surface area (Å²) in [6.07, 6.45) is -6.94. The molecule has 1 rings (SSSR count). The molecule has 1 heterocycles. The average molecular weight is 258 g/mol. The highest BCUT2D eigenvalue weighted by Crippen LogP contribution is 2.20. The van der Waals surface area contributed by atoms with Crippen LogP contribution >= 0.6 is 0 Å². The second kappa shape index (κ2) is 4.92. The van der Waals surface area contributed by atoms with E-state index in [1.165, 1.54) is 0 Å². The Kier molecular flexibility index (Phi) is 4.23. The molecular formula is C7H14O8S. The molecule has 0 saturated carbocycles. The number of aliphatic hydroxyl groups excluding tert-OH is 4. The van der Waals surface area contributed by atoms with Crippen molar-refractivity contribution in [2.45, 2.75) is 30.7 Å². The van der Waals surface area contributed by atoms with Gasteiger partial charge in [0.1, 0.15) is 24.4 Å². The van der Waals surface area contributed by atoms with Crippen LogP contribution in [0.5, 0.6) is 0 Å². The Labute approximate surface area is 92.2 Å². The smallest absolute Gasteiger partial charge is 0.264 e. The standard InChI is InChI=1S/C7H14O8S/c1-16(12,13)14-2-3-4(8)5(9)6(10)7(11)15-3/h3-11H,2H2,1H3/t3-,4+,5+,6-,7?/m0/s1. The molecule has 0 bridgehead atoms. The lowest BCUT2D eigenvalue weighted by Crippen LogP contribution is -2.58. The van der Waals surface area contributed by atoms with Gasteiger partial charge in [-0.3, -0.25) is 4.18 Å². The molecule has 0 aromatic heterocycles. The first-order valence-corrected chi connectivity index (χ1v) is 6.26. The van der Waals surface area contributed by atoms with E-state index in [0.29, 0.717) is 0 Å². The monoisotopic (exact) mass is 258 g/mol. The lowest BCUT2D eigenvalue weighted by Gasteiger charge is -2.37. The normalized spacial score (nSPS) is 40.9. The zero-order chi connectivity index (χ0) is 12.5. The van der Waals surface area contributed by atoms with Gasteiger partial charge in [-0.2, -0.15) is 8.42 Å². The van der Waals surface area contributed by atoms with Crippen LogP contribution < -0.4 is 0 Å². The number of ether oxygens (including phenoxy) is 1. The molecule has 9 heteroatoms. The van der Waals surface area contributed by atoms with Crippen molar-refractivity contribution in [3.8, 4) is 0 Å². The van der Waals surface area contributed by atoms with Crippen LogP contribution in [-0.4, -0.2) is 72.4 Å². The summed E-state index contributed by atoms with van der Waals surface area (Å²) in [5.74, 6) is 0. The van der Waals surface area contributed by atoms with E-state index in [0.717, 1.165) is 6.26 Å². The Hall–Kier alpha value is -0.290. The molecule has 0 aliphatic carbocycles. The quantitative estimate of drug-likeness (QED) is 0.388. The topological polar surface area (TPSA) is 134 Å². The van der Waals surface area contributed by atoms with Crippen molar-refractivity contribution in [2.24, 2.45) is 0 Å². The van der Waals surface area contributed by atoms with Gasteiger partial charge >= 0.3 is 0 Å². The van der Waals surface area contributed by atoms with Crippen molar-refractivity contribution in [2.75, 3.05) is 12.9 Å². The molecule has 5 atom stereocenters. The predicted octanol–water partition coefficient (Wildman–Crippen LogP) is -3.24. The summed E-state index contributed by atoms with van der Waals surface area (Å²) in [5.41, 5.74) is 0. The van der Waals surface area contributed by atoms with Gasteiger partial charge in [0.25, 0.3) is 10.1 Å². The number of hydrogen-bond donors (Lipinski definition) is 4. The molecular weight excluding hydrogens is 244 g/mol. The van der Waals surface area contributed by atoms with Crippen LogP contribution in [-0.2, 0) is 19.0 Å². The minimum atomic E-state index is -3.71. The van der Waals surface area contributed by atoms with Gasteiger partial charge in [0.05, 0.1) is 12.9 Å². The summed E-state index contributed by atoms with van der Waals surface area (Å²) >= 11 is 0. The van der Waals surface area contributed by atoms with Gasteiger partial charge in [-0.15, -0.1) is 0 Å². The Balaban J connectivity index is 2.61. The van der Waals surface area contributed by atoms with E-state index < -0.39 is 47.4 Å².